The van der Waals surface area contributed by atoms with Crippen LogP contribution in [0.1, 0.15) is 26.3 Å². The van der Waals surface area contributed by atoms with Crippen LogP contribution in [-0.2, 0) is 11.2 Å². The second-order valence-electron chi connectivity index (χ2n) is 5.10. The van der Waals surface area contributed by atoms with Gasteiger partial charge in [-0.25, -0.2) is 0 Å². The maximum Gasteiger partial charge on any atom is 0.0822 e. The van der Waals surface area contributed by atoms with Crippen molar-refractivity contribution in [2.75, 3.05) is 6.54 Å². The van der Waals surface area contributed by atoms with Gasteiger partial charge in [-0.05, 0) is 26.3 Å². The first-order chi connectivity index (χ1) is 7.59. The maximum absolute atomic E-state index is 6.13. The molecule has 1 aliphatic rings. The zero-order chi connectivity index (χ0) is 11.6. The van der Waals surface area contributed by atoms with Crippen LogP contribution in [-0.4, -0.2) is 24.3 Å². The van der Waals surface area contributed by atoms with E-state index >= 15 is 0 Å². The van der Waals surface area contributed by atoms with E-state index in [1.807, 2.05) is 0 Å². The fraction of sp³-hybridized carbons (Fsp3) is 0.571. The third kappa shape index (κ3) is 2.63. The highest BCUT2D eigenvalue weighted by molar-refractivity contribution is 5.17. The van der Waals surface area contributed by atoms with Gasteiger partial charge in [0.15, 0.2) is 0 Å². The van der Waals surface area contributed by atoms with Crippen molar-refractivity contribution in [3.8, 4) is 0 Å². The van der Waals surface area contributed by atoms with Gasteiger partial charge in [-0.15, -0.1) is 0 Å². The molecule has 2 nitrogen and oxygen atoms in total. The number of hydrogen-bond donors (Lipinski definition) is 1. The Morgan fingerprint density at radius 3 is 2.62 bits per heavy atom. The van der Waals surface area contributed by atoms with Crippen molar-refractivity contribution in [3.63, 3.8) is 0 Å². The summed E-state index contributed by atoms with van der Waals surface area (Å²) >= 11 is 0. The van der Waals surface area contributed by atoms with Gasteiger partial charge in [0.1, 0.15) is 0 Å². The molecule has 0 radical (unpaired) electrons. The van der Waals surface area contributed by atoms with Crippen molar-refractivity contribution in [3.05, 3.63) is 35.9 Å². The van der Waals surface area contributed by atoms with E-state index in [2.05, 4.69) is 56.4 Å². The van der Waals surface area contributed by atoms with Gasteiger partial charge in [0.2, 0.25) is 0 Å². The topological polar surface area (TPSA) is 21.3 Å². The molecule has 3 unspecified atom stereocenters. The Morgan fingerprint density at radius 1 is 1.31 bits per heavy atom. The number of ether oxygens (including phenoxy) is 1. The number of benzene rings is 1. The Balaban J connectivity index is 2.04. The average molecular weight is 219 g/mol. The van der Waals surface area contributed by atoms with Crippen LogP contribution in [0.3, 0.4) is 0 Å². The highest BCUT2D eigenvalue weighted by Gasteiger charge is 2.34. The Bertz CT molecular complexity index is 338. The molecular formula is C14H21NO. The summed E-state index contributed by atoms with van der Waals surface area (Å²) in [6.07, 6.45) is 1.25. The first-order valence-corrected chi connectivity index (χ1v) is 6.04. The second-order valence-corrected chi connectivity index (χ2v) is 5.10. The number of rotatable bonds is 2. The summed E-state index contributed by atoms with van der Waals surface area (Å²) in [7, 11) is 0. The molecule has 0 aliphatic carbocycles. The lowest BCUT2D eigenvalue weighted by Gasteiger charge is -2.41. The Hall–Kier alpha value is -0.860. The third-order valence-electron chi connectivity index (χ3n) is 3.39. The average Bonchev–Trinajstić information content (AvgIpc) is 2.25. The van der Waals surface area contributed by atoms with Gasteiger partial charge < -0.3 is 10.1 Å². The van der Waals surface area contributed by atoms with E-state index in [0.29, 0.717) is 6.04 Å². The second kappa shape index (κ2) is 4.56. The lowest BCUT2D eigenvalue weighted by molar-refractivity contribution is -0.114. The van der Waals surface area contributed by atoms with Crippen LogP contribution in [0.4, 0.5) is 0 Å². The summed E-state index contributed by atoms with van der Waals surface area (Å²) in [6.45, 7) is 7.43. The molecule has 1 aromatic rings. The Labute approximate surface area is 98.0 Å². The molecule has 16 heavy (non-hydrogen) atoms. The minimum Gasteiger partial charge on any atom is -0.369 e. The van der Waals surface area contributed by atoms with Crippen LogP contribution in [0, 0.1) is 0 Å². The maximum atomic E-state index is 6.13. The first-order valence-electron chi connectivity index (χ1n) is 6.04. The van der Waals surface area contributed by atoms with E-state index in [0.717, 1.165) is 13.0 Å². The number of hydrogen-bond acceptors (Lipinski definition) is 2. The quantitative estimate of drug-likeness (QED) is 0.824. The highest BCUT2D eigenvalue weighted by atomic mass is 16.5. The molecule has 1 aromatic carbocycles. The molecule has 2 heteroatoms. The third-order valence-corrected chi connectivity index (χ3v) is 3.39. The molecule has 0 amide bonds. The van der Waals surface area contributed by atoms with Crippen molar-refractivity contribution < 1.29 is 4.74 Å². The van der Waals surface area contributed by atoms with Gasteiger partial charge in [-0.1, -0.05) is 30.3 Å². The molecule has 1 aliphatic heterocycles. The number of nitrogens with one attached hydrogen (secondary N) is 1. The normalized spacial score (nSPS) is 34.9. The monoisotopic (exact) mass is 219 g/mol. The minimum absolute atomic E-state index is 0.0761. The fourth-order valence-corrected chi connectivity index (χ4v) is 2.27. The van der Waals surface area contributed by atoms with Crippen LogP contribution in [0.15, 0.2) is 30.3 Å². The molecule has 1 fully saturated rings. The van der Waals surface area contributed by atoms with Crippen LogP contribution >= 0.6 is 0 Å². The molecule has 0 aromatic heterocycles. The van der Waals surface area contributed by atoms with Gasteiger partial charge in [-0.3, -0.25) is 0 Å². The molecule has 3 atom stereocenters. The van der Waals surface area contributed by atoms with Crippen molar-refractivity contribution in [1.82, 2.24) is 5.32 Å². The van der Waals surface area contributed by atoms with Crippen LogP contribution in [0.5, 0.6) is 0 Å². The smallest absolute Gasteiger partial charge is 0.0822 e. The summed E-state index contributed by atoms with van der Waals surface area (Å²) in [6, 6.07) is 11.0. The van der Waals surface area contributed by atoms with Gasteiger partial charge >= 0.3 is 0 Å². The van der Waals surface area contributed by atoms with Crippen LogP contribution in [0.25, 0.3) is 0 Å². The van der Waals surface area contributed by atoms with Crippen molar-refractivity contribution in [1.29, 1.82) is 0 Å². The lowest BCUT2D eigenvalue weighted by atomic mass is 9.93. The van der Waals surface area contributed by atoms with E-state index in [1.54, 1.807) is 0 Å². The largest absolute Gasteiger partial charge is 0.369 e. The van der Waals surface area contributed by atoms with E-state index in [9.17, 15) is 0 Å². The predicted molar refractivity (Wildman–Crippen MR) is 66.6 cm³/mol. The first kappa shape index (κ1) is 11.6. The van der Waals surface area contributed by atoms with E-state index in [4.69, 9.17) is 4.74 Å². The van der Waals surface area contributed by atoms with Gasteiger partial charge in [-0.2, -0.15) is 0 Å². The number of morpholine rings is 1. The predicted octanol–water partition coefficient (Wildman–Crippen LogP) is 2.38. The summed E-state index contributed by atoms with van der Waals surface area (Å²) in [5, 5.41) is 3.52. The van der Waals surface area contributed by atoms with Gasteiger partial charge in [0.05, 0.1) is 11.7 Å². The molecule has 88 valence electrons. The van der Waals surface area contributed by atoms with Crippen LogP contribution in [0.2, 0.25) is 0 Å². The summed E-state index contributed by atoms with van der Waals surface area (Å²) < 4.78 is 6.13. The van der Waals surface area contributed by atoms with E-state index < -0.39 is 0 Å². The molecule has 2 rings (SSSR count). The van der Waals surface area contributed by atoms with Crippen LogP contribution < -0.4 is 5.32 Å². The minimum atomic E-state index is -0.0761. The molecule has 0 saturated carbocycles. The molecule has 0 bridgehead atoms. The zero-order valence-corrected chi connectivity index (χ0v) is 10.4. The van der Waals surface area contributed by atoms with Crippen molar-refractivity contribution in [2.24, 2.45) is 0 Å². The molecular weight excluding hydrogens is 198 g/mol. The summed E-state index contributed by atoms with van der Waals surface area (Å²) in [5.41, 5.74) is 1.27. The lowest BCUT2D eigenvalue weighted by Crippen LogP contribution is -2.56. The van der Waals surface area contributed by atoms with Crippen molar-refractivity contribution >= 4 is 0 Å². The SMILES string of the molecule is CC1NCC(C)(Cc2ccccc2)OC1C. The standard InChI is InChI=1S/C14H21NO/c1-11-12(2)16-14(3,10-15-11)9-13-7-5-4-6-8-13/h4-8,11-12,15H,9-10H2,1-3H3. The van der Waals surface area contributed by atoms with E-state index in [1.165, 1.54) is 5.56 Å². The Morgan fingerprint density at radius 2 is 2.00 bits per heavy atom. The highest BCUT2D eigenvalue weighted by Crippen LogP contribution is 2.23. The van der Waals surface area contributed by atoms with Gasteiger partial charge in [0.25, 0.3) is 0 Å². The molecule has 0 spiro atoms. The Kier molecular flexibility index (Phi) is 3.31. The van der Waals surface area contributed by atoms with E-state index in [-0.39, 0.29) is 11.7 Å². The molecule has 1 saturated heterocycles. The zero-order valence-electron chi connectivity index (χ0n) is 10.4. The van der Waals surface area contributed by atoms with Crippen molar-refractivity contribution in [2.45, 2.75) is 44.9 Å². The summed E-state index contributed by atoms with van der Waals surface area (Å²) in [4.78, 5) is 0. The fourth-order valence-electron chi connectivity index (χ4n) is 2.27. The van der Waals surface area contributed by atoms with Gasteiger partial charge in [0, 0.05) is 19.0 Å². The molecule has 1 heterocycles. The molecule has 1 N–H and O–H groups in total. The summed E-state index contributed by atoms with van der Waals surface area (Å²) in [5.74, 6) is 0.